The van der Waals surface area contributed by atoms with Gasteiger partial charge in [-0.15, -0.1) is 0 Å². The lowest BCUT2D eigenvalue weighted by Gasteiger charge is -2.40. The molecule has 0 bridgehead atoms. The Labute approximate surface area is 92.2 Å². The van der Waals surface area contributed by atoms with Gasteiger partial charge in [-0.2, -0.15) is 0 Å². The molecule has 15 heavy (non-hydrogen) atoms. The molecule has 0 unspecified atom stereocenters. The highest BCUT2D eigenvalue weighted by atomic mass is 16.2. The van der Waals surface area contributed by atoms with Crippen molar-refractivity contribution in [1.29, 1.82) is 0 Å². The Morgan fingerprint density at radius 1 is 1.27 bits per heavy atom. The van der Waals surface area contributed by atoms with Gasteiger partial charge in [-0.05, 0) is 20.8 Å². The smallest absolute Gasteiger partial charge is 0.326 e. The van der Waals surface area contributed by atoms with E-state index in [4.69, 9.17) is 0 Å². The molecule has 0 radical (unpaired) electrons. The summed E-state index contributed by atoms with van der Waals surface area (Å²) in [4.78, 5) is 26.1. The molecule has 0 aromatic heterocycles. The topological polar surface area (TPSA) is 40.6 Å². The summed E-state index contributed by atoms with van der Waals surface area (Å²) in [5.41, 5.74) is -0.446. The Morgan fingerprint density at radius 2 is 1.73 bits per heavy atom. The van der Waals surface area contributed by atoms with Gasteiger partial charge >= 0.3 is 6.03 Å². The van der Waals surface area contributed by atoms with Gasteiger partial charge in [-0.3, -0.25) is 9.69 Å². The lowest BCUT2D eigenvalue weighted by atomic mass is 9.89. The molecule has 0 aromatic carbocycles. The first-order valence-electron chi connectivity index (χ1n) is 5.47. The molecule has 1 aliphatic rings. The Hall–Kier alpha value is -1.06. The van der Waals surface area contributed by atoms with Crippen molar-refractivity contribution >= 4 is 11.9 Å². The summed E-state index contributed by atoms with van der Waals surface area (Å²) in [6, 6.07) is -0.188. The number of imide groups is 1. The van der Waals surface area contributed by atoms with E-state index in [-0.39, 0.29) is 11.9 Å². The van der Waals surface area contributed by atoms with E-state index in [0.717, 1.165) is 0 Å². The van der Waals surface area contributed by atoms with Crippen molar-refractivity contribution in [3.05, 3.63) is 0 Å². The van der Waals surface area contributed by atoms with Crippen molar-refractivity contribution in [2.75, 3.05) is 20.1 Å². The number of carbonyl (C=O) groups excluding carboxylic acids is 2. The maximum Gasteiger partial charge on any atom is 0.326 e. The minimum Gasteiger partial charge on any atom is -0.326 e. The predicted octanol–water partition coefficient (Wildman–Crippen LogP) is 1.95. The molecule has 1 rings (SSSR count). The highest BCUT2D eigenvalue weighted by Gasteiger charge is 2.42. The Bertz CT molecular complexity index is 249. The Balaban J connectivity index is 0.000000921. The van der Waals surface area contributed by atoms with Crippen LogP contribution >= 0.6 is 0 Å². The summed E-state index contributed by atoms with van der Waals surface area (Å²) in [5.74, 6) is -0.0712. The van der Waals surface area contributed by atoms with E-state index in [9.17, 15) is 9.59 Å². The van der Waals surface area contributed by atoms with Crippen LogP contribution < -0.4 is 0 Å². The minimum absolute atomic E-state index is 0.0712. The van der Waals surface area contributed by atoms with Crippen molar-refractivity contribution in [2.24, 2.45) is 5.41 Å². The normalized spacial score (nSPS) is 19.9. The van der Waals surface area contributed by atoms with Crippen LogP contribution in [0.5, 0.6) is 0 Å². The van der Waals surface area contributed by atoms with Crippen LogP contribution in [0, 0.1) is 5.41 Å². The van der Waals surface area contributed by atoms with Crippen LogP contribution in [0.25, 0.3) is 0 Å². The standard InChI is InChI=1S/C9H16N2O2.C2H6/c1-5-11-7(12)9(2,3)6-10(4)8(11)13;1-2/h5-6H2,1-4H3;1-2H3. The van der Waals surface area contributed by atoms with Crippen LogP contribution in [0.2, 0.25) is 0 Å². The maximum absolute atomic E-state index is 11.7. The summed E-state index contributed by atoms with van der Waals surface area (Å²) < 4.78 is 0. The maximum atomic E-state index is 11.7. The third-order valence-electron chi connectivity index (χ3n) is 2.33. The molecule has 3 amide bonds. The van der Waals surface area contributed by atoms with Gasteiger partial charge in [0.15, 0.2) is 0 Å². The first-order valence-corrected chi connectivity index (χ1v) is 5.47. The van der Waals surface area contributed by atoms with Crippen molar-refractivity contribution in [1.82, 2.24) is 9.80 Å². The monoisotopic (exact) mass is 214 g/mol. The third kappa shape index (κ3) is 2.70. The zero-order valence-corrected chi connectivity index (χ0v) is 10.6. The Morgan fingerprint density at radius 3 is 2.13 bits per heavy atom. The second kappa shape index (κ2) is 5.14. The van der Waals surface area contributed by atoms with E-state index in [2.05, 4.69) is 0 Å². The lowest BCUT2D eigenvalue weighted by Crippen LogP contribution is -2.58. The van der Waals surface area contributed by atoms with E-state index in [1.54, 1.807) is 11.9 Å². The summed E-state index contributed by atoms with van der Waals surface area (Å²) in [7, 11) is 1.72. The summed E-state index contributed by atoms with van der Waals surface area (Å²) in [5, 5.41) is 0. The van der Waals surface area contributed by atoms with Crippen LogP contribution in [-0.2, 0) is 4.79 Å². The van der Waals surface area contributed by atoms with E-state index < -0.39 is 5.41 Å². The lowest BCUT2D eigenvalue weighted by molar-refractivity contribution is -0.141. The SMILES string of the molecule is CC.CCN1C(=O)N(C)CC(C)(C)C1=O. The van der Waals surface area contributed by atoms with Crippen molar-refractivity contribution < 1.29 is 9.59 Å². The largest absolute Gasteiger partial charge is 0.326 e. The number of urea groups is 1. The molecular weight excluding hydrogens is 192 g/mol. The third-order valence-corrected chi connectivity index (χ3v) is 2.33. The van der Waals surface area contributed by atoms with Gasteiger partial charge in [0.25, 0.3) is 0 Å². The van der Waals surface area contributed by atoms with E-state index in [1.165, 1.54) is 4.90 Å². The molecule has 1 saturated heterocycles. The molecular formula is C11H22N2O2. The molecule has 1 fully saturated rings. The Kier molecular flexibility index (Phi) is 4.78. The zero-order valence-electron chi connectivity index (χ0n) is 10.6. The molecule has 4 heteroatoms. The molecule has 1 heterocycles. The van der Waals surface area contributed by atoms with Crippen molar-refractivity contribution in [3.63, 3.8) is 0 Å². The van der Waals surface area contributed by atoms with Crippen LogP contribution in [0.3, 0.4) is 0 Å². The van der Waals surface area contributed by atoms with Crippen molar-refractivity contribution in [3.8, 4) is 0 Å². The predicted molar refractivity (Wildman–Crippen MR) is 60.5 cm³/mol. The van der Waals surface area contributed by atoms with E-state index in [0.29, 0.717) is 13.1 Å². The van der Waals surface area contributed by atoms with Crippen molar-refractivity contribution in [2.45, 2.75) is 34.6 Å². The fourth-order valence-electron chi connectivity index (χ4n) is 1.67. The number of amides is 3. The quantitative estimate of drug-likeness (QED) is 0.669. The van der Waals surface area contributed by atoms with Gasteiger partial charge in [0.2, 0.25) is 5.91 Å². The fourth-order valence-corrected chi connectivity index (χ4v) is 1.67. The van der Waals surface area contributed by atoms with Gasteiger partial charge in [0, 0.05) is 20.1 Å². The molecule has 0 saturated carbocycles. The van der Waals surface area contributed by atoms with Crippen LogP contribution in [0.1, 0.15) is 34.6 Å². The molecule has 0 aromatic rings. The second-order valence-electron chi connectivity index (χ2n) is 4.07. The second-order valence-corrected chi connectivity index (χ2v) is 4.07. The molecule has 4 nitrogen and oxygen atoms in total. The summed E-state index contributed by atoms with van der Waals surface area (Å²) >= 11 is 0. The average Bonchev–Trinajstić information content (AvgIpc) is 2.19. The first-order chi connectivity index (χ1) is 6.90. The molecule has 0 aliphatic carbocycles. The fraction of sp³-hybridized carbons (Fsp3) is 0.818. The van der Waals surface area contributed by atoms with Crippen LogP contribution in [-0.4, -0.2) is 41.9 Å². The molecule has 0 atom stereocenters. The number of carbonyl (C=O) groups is 2. The average molecular weight is 214 g/mol. The van der Waals surface area contributed by atoms with Crippen LogP contribution in [0.15, 0.2) is 0 Å². The van der Waals surface area contributed by atoms with E-state index in [1.807, 2.05) is 34.6 Å². The number of hydrogen-bond acceptors (Lipinski definition) is 2. The highest BCUT2D eigenvalue weighted by Crippen LogP contribution is 2.25. The minimum atomic E-state index is -0.446. The zero-order chi connectivity index (χ0) is 12.2. The molecule has 88 valence electrons. The number of nitrogens with zero attached hydrogens (tertiary/aromatic N) is 2. The van der Waals surface area contributed by atoms with Crippen LogP contribution in [0.4, 0.5) is 4.79 Å². The van der Waals surface area contributed by atoms with Gasteiger partial charge in [0.05, 0.1) is 5.41 Å². The van der Waals surface area contributed by atoms with Gasteiger partial charge in [-0.1, -0.05) is 13.8 Å². The first kappa shape index (κ1) is 13.9. The van der Waals surface area contributed by atoms with E-state index >= 15 is 0 Å². The summed E-state index contributed by atoms with van der Waals surface area (Å²) in [6.07, 6.45) is 0. The molecule has 0 N–H and O–H groups in total. The van der Waals surface area contributed by atoms with Gasteiger partial charge in [-0.25, -0.2) is 4.79 Å². The molecule has 1 aliphatic heterocycles. The van der Waals surface area contributed by atoms with Gasteiger partial charge in [0.1, 0.15) is 0 Å². The molecule has 0 spiro atoms. The number of rotatable bonds is 1. The summed E-state index contributed by atoms with van der Waals surface area (Å²) in [6.45, 7) is 10.5. The number of hydrogen-bond donors (Lipinski definition) is 0. The van der Waals surface area contributed by atoms with Gasteiger partial charge < -0.3 is 4.90 Å². The highest BCUT2D eigenvalue weighted by molar-refractivity contribution is 5.99.